The first-order valence-electron chi connectivity index (χ1n) is 6.37. The summed E-state index contributed by atoms with van der Waals surface area (Å²) in [6, 6.07) is 0. The zero-order chi connectivity index (χ0) is 12.1. The van der Waals surface area contributed by atoms with Crippen molar-refractivity contribution in [1.29, 1.82) is 0 Å². The van der Waals surface area contributed by atoms with Crippen molar-refractivity contribution in [2.24, 2.45) is 5.92 Å². The summed E-state index contributed by atoms with van der Waals surface area (Å²) in [4.78, 5) is 15.0. The number of thiazole rings is 1. The van der Waals surface area contributed by atoms with Crippen LogP contribution >= 0.6 is 11.3 Å². The fourth-order valence-electron chi connectivity index (χ4n) is 2.51. The largest absolute Gasteiger partial charge is 0.371 e. The predicted molar refractivity (Wildman–Crippen MR) is 68.4 cm³/mol. The van der Waals surface area contributed by atoms with Gasteiger partial charge < -0.3 is 4.74 Å². The number of rotatable bonds is 5. The smallest absolute Gasteiger partial charge is 0.169 e. The van der Waals surface area contributed by atoms with Crippen LogP contribution in [0.3, 0.4) is 0 Å². The molecule has 0 aromatic carbocycles. The van der Waals surface area contributed by atoms with Gasteiger partial charge in [0.1, 0.15) is 16.8 Å². The standard InChI is InChI=1S/C13H19NO2S/c1-2-16-12(10-6-4-3-5-7-10)13-14-11(8-15)9-17-13/h8-10,12H,2-7H2,1H3. The van der Waals surface area contributed by atoms with Crippen molar-refractivity contribution in [3.05, 3.63) is 16.1 Å². The second-order valence-corrected chi connectivity index (χ2v) is 5.39. The number of carbonyl (C=O) groups is 1. The number of nitrogens with zero attached hydrogens (tertiary/aromatic N) is 1. The van der Waals surface area contributed by atoms with Crippen molar-refractivity contribution in [2.75, 3.05) is 6.61 Å². The molecule has 4 heteroatoms. The molecule has 0 bridgehead atoms. The van der Waals surface area contributed by atoms with Crippen LogP contribution in [0, 0.1) is 5.92 Å². The Morgan fingerprint density at radius 2 is 2.29 bits per heavy atom. The fourth-order valence-corrected chi connectivity index (χ4v) is 3.41. The maximum Gasteiger partial charge on any atom is 0.169 e. The number of ether oxygens (including phenoxy) is 1. The molecule has 1 atom stereocenters. The second kappa shape index (κ2) is 6.26. The summed E-state index contributed by atoms with van der Waals surface area (Å²) in [5.74, 6) is 0.578. The lowest BCUT2D eigenvalue weighted by atomic mass is 9.85. The summed E-state index contributed by atoms with van der Waals surface area (Å²) >= 11 is 1.55. The van der Waals surface area contributed by atoms with Crippen LogP contribution in [-0.4, -0.2) is 17.9 Å². The van der Waals surface area contributed by atoms with Gasteiger partial charge in [-0.1, -0.05) is 19.3 Å². The quantitative estimate of drug-likeness (QED) is 0.752. The summed E-state index contributed by atoms with van der Waals surface area (Å²) in [6.45, 7) is 2.72. The Morgan fingerprint density at radius 1 is 1.53 bits per heavy atom. The first-order valence-corrected chi connectivity index (χ1v) is 7.25. The van der Waals surface area contributed by atoms with Crippen molar-refractivity contribution in [3.63, 3.8) is 0 Å². The van der Waals surface area contributed by atoms with Crippen LogP contribution in [-0.2, 0) is 4.74 Å². The van der Waals surface area contributed by atoms with E-state index < -0.39 is 0 Å². The van der Waals surface area contributed by atoms with Gasteiger partial charge >= 0.3 is 0 Å². The Bertz CT molecular complexity index is 358. The van der Waals surface area contributed by atoms with Crippen molar-refractivity contribution < 1.29 is 9.53 Å². The van der Waals surface area contributed by atoms with Crippen LogP contribution < -0.4 is 0 Å². The molecule has 1 aromatic heterocycles. The van der Waals surface area contributed by atoms with E-state index >= 15 is 0 Å². The normalized spacial score (nSPS) is 19.1. The molecule has 1 unspecified atom stereocenters. The Hall–Kier alpha value is -0.740. The minimum atomic E-state index is 0.0963. The summed E-state index contributed by atoms with van der Waals surface area (Å²) in [7, 11) is 0. The summed E-state index contributed by atoms with van der Waals surface area (Å²) < 4.78 is 5.86. The molecule has 0 amide bonds. The zero-order valence-corrected chi connectivity index (χ0v) is 11.0. The average Bonchev–Trinajstić information content (AvgIpc) is 2.85. The third-order valence-electron chi connectivity index (χ3n) is 3.33. The molecule has 1 fully saturated rings. The molecule has 0 N–H and O–H groups in total. The van der Waals surface area contributed by atoms with Gasteiger partial charge in [0.2, 0.25) is 0 Å². The summed E-state index contributed by atoms with van der Waals surface area (Å²) in [5.41, 5.74) is 0.533. The van der Waals surface area contributed by atoms with E-state index in [4.69, 9.17) is 4.74 Å². The molecule has 0 radical (unpaired) electrons. The molecule has 0 aliphatic heterocycles. The van der Waals surface area contributed by atoms with Gasteiger partial charge in [0.05, 0.1) is 0 Å². The summed E-state index contributed by atoms with van der Waals surface area (Å²) in [5, 5.41) is 2.79. The SMILES string of the molecule is CCOC(c1nc(C=O)cs1)C1CCCCC1. The highest BCUT2D eigenvalue weighted by atomic mass is 32.1. The van der Waals surface area contributed by atoms with Gasteiger partial charge in [0.25, 0.3) is 0 Å². The maximum absolute atomic E-state index is 10.7. The third-order valence-corrected chi connectivity index (χ3v) is 4.25. The van der Waals surface area contributed by atoms with Crippen molar-refractivity contribution in [3.8, 4) is 0 Å². The van der Waals surface area contributed by atoms with Gasteiger partial charge in [-0.2, -0.15) is 0 Å². The zero-order valence-electron chi connectivity index (χ0n) is 10.2. The molecule has 1 heterocycles. The lowest BCUT2D eigenvalue weighted by molar-refractivity contribution is 0.00547. The maximum atomic E-state index is 10.7. The van der Waals surface area contributed by atoms with Crippen LogP contribution in [0.2, 0.25) is 0 Å². The molecular weight excluding hydrogens is 234 g/mol. The number of carbonyl (C=O) groups excluding carboxylic acids is 1. The molecule has 2 rings (SSSR count). The molecule has 17 heavy (non-hydrogen) atoms. The number of aldehydes is 1. The van der Waals surface area contributed by atoms with E-state index in [0.29, 0.717) is 18.2 Å². The molecule has 1 aromatic rings. The van der Waals surface area contributed by atoms with Crippen LogP contribution in [0.5, 0.6) is 0 Å². The molecule has 1 aliphatic carbocycles. The van der Waals surface area contributed by atoms with Crippen LogP contribution in [0.25, 0.3) is 0 Å². The first kappa shape index (κ1) is 12.7. The molecule has 1 saturated carbocycles. The number of hydrogen-bond acceptors (Lipinski definition) is 4. The Morgan fingerprint density at radius 3 is 2.88 bits per heavy atom. The average molecular weight is 253 g/mol. The minimum Gasteiger partial charge on any atom is -0.371 e. The van der Waals surface area contributed by atoms with Gasteiger partial charge in [-0.05, 0) is 25.7 Å². The van der Waals surface area contributed by atoms with Gasteiger partial charge in [-0.15, -0.1) is 11.3 Å². The molecule has 3 nitrogen and oxygen atoms in total. The fraction of sp³-hybridized carbons (Fsp3) is 0.692. The van der Waals surface area contributed by atoms with Crippen LogP contribution in [0.1, 0.15) is 60.6 Å². The lowest BCUT2D eigenvalue weighted by Crippen LogP contribution is -2.19. The second-order valence-electron chi connectivity index (χ2n) is 4.50. The van der Waals surface area contributed by atoms with E-state index in [1.165, 1.54) is 32.1 Å². The van der Waals surface area contributed by atoms with Crippen molar-refractivity contribution in [1.82, 2.24) is 4.98 Å². The highest BCUT2D eigenvalue weighted by Gasteiger charge is 2.27. The lowest BCUT2D eigenvalue weighted by Gasteiger charge is -2.28. The Balaban J connectivity index is 2.11. The van der Waals surface area contributed by atoms with E-state index in [1.807, 2.05) is 12.3 Å². The molecule has 0 spiro atoms. The molecular formula is C13H19NO2S. The van der Waals surface area contributed by atoms with E-state index in [0.717, 1.165) is 11.3 Å². The monoisotopic (exact) mass is 253 g/mol. The minimum absolute atomic E-state index is 0.0963. The number of aromatic nitrogens is 1. The van der Waals surface area contributed by atoms with E-state index in [-0.39, 0.29) is 6.10 Å². The van der Waals surface area contributed by atoms with E-state index in [9.17, 15) is 4.79 Å². The Kier molecular flexibility index (Phi) is 4.68. The van der Waals surface area contributed by atoms with E-state index in [1.54, 1.807) is 11.3 Å². The third kappa shape index (κ3) is 3.13. The van der Waals surface area contributed by atoms with E-state index in [2.05, 4.69) is 4.98 Å². The summed E-state index contributed by atoms with van der Waals surface area (Å²) in [6.07, 6.45) is 7.28. The van der Waals surface area contributed by atoms with Crippen molar-refractivity contribution in [2.45, 2.75) is 45.1 Å². The Labute approximate surface area is 106 Å². The molecule has 94 valence electrons. The highest BCUT2D eigenvalue weighted by Crippen LogP contribution is 2.37. The van der Waals surface area contributed by atoms with Gasteiger partial charge in [0.15, 0.2) is 6.29 Å². The first-order chi connectivity index (χ1) is 8.35. The van der Waals surface area contributed by atoms with Crippen LogP contribution in [0.15, 0.2) is 5.38 Å². The van der Waals surface area contributed by atoms with Gasteiger partial charge in [-0.25, -0.2) is 4.98 Å². The van der Waals surface area contributed by atoms with Crippen LogP contribution in [0.4, 0.5) is 0 Å². The molecule has 0 saturated heterocycles. The van der Waals surface area contributed by atoms with Crippen molar-refractivity contribution >= 4 is 17.6 Å². The highest BCUT2D eigenvalue weighted by molar-refractivity contribution is 7.09. The molecule has 1 aliphatic rings. The topological polar surface area (TPSA) is 39.2 Å². The van der Waals surface area contributed by atoms with Gasteiger partial charge in [-0.3, -0.25) is 4.79 Å². The number of hydrogen-bond donors (Lipinski definition) is 0. The van der Waals surface area contributed by atoms with Gasteiger partial charge in [0, 0.05) is 12.0 Å². The predicted octanol–water partition coefficient (Wildman–Crippen LogP) is 3.61.